The molecule has 0 saturated carbocycles. The van der Waals surface area contributed by atoms with E-state index in [1.165, 1.54) is 41.9 Å². The highest BCUT2D eigenvalue weighted by Crippen LogP contribution is 2.66. The van der Waals surface area contributed by atoms with E-state index in [-0.39, 0.29) is 25.7 Å². The van der Waals surface area contributed by atoms with Gasteiger partial charge >= 0.3 is 11.4 Å². The van der Waals surface area contributed by atoms with Crippen molar-refractivity contribution in [1.29, 1.82) is 10.8 Å². The van der Waals surface area contributed by atoms with Gasteiger partial charge in [-0.15, -0.1) is 0 Å². The molecule has 4 aliphatic heterocycles. The largest absolute Gasteiger partial charge is 0.508 e. The maximum Gasteiger partial charge on any atom is 0.313 e. The van der Waals surface area contributed by atoms with Gasteiger partial charge in [-0.05, 0) is 115 Å². The number of Topliss-reactive ketones (excluding diaryl/α,β-unsaturated/α-hetero) is 2. The minimum atomic E-state index is -2.69. The van der Waals surface area contributed by atoms with Crippen LogP contribution in [0.4, 0.5) is 11.4 Å². The number of fused-ring (bicyclic) bond motifs is 8. The number of ketones is 6. The fourth-order valence-electron chi connectivity index (χ4n) is 17.2. The molecule has 0 unspecified atom stereocenters. The smallest absolute Gasteiger partial charge is 0.313 e. The molecule has 526 valence electrons. The summed E-state index contributed by atoms with van der Waals surface area (Å²) in [5.41, 5.74) is -16.0. The number of phenolic OH excluding ortho intramolecular Hbond substituents is 4. The minimum Gasteiger partial charge on any atom is -0.508 e. The van der Waals surface area contributed by atoms with Gasteiger partial charge in [-0.1, -0.05) is 36.1 Å². The number of likely N-dealkylation sites (N-methyl/N-ethyl adjacent to an activating group) is 2. The summed E-state index contributed by atoms with van der Waals surface area (Å²) in [4.78, 5) is 109. The van der Waals surface area contributed by atoms with E-state index < -0.39 is 282 Å². The molecule has 0 bridgehead atoms. The molecule has 4 heterocycles. The quantitative estimate of drug-likeness (QED) is 0.0376. The average molecular weight is 1370 g/mol. The minimum absolute atomic E-state index is 0.361. The number of benzene rings is 2. The van der Waals surface area contributed by atoms with Crippen molar-refractivity contribution in [1.82, 2.24) is 9.80 Å². The number of ether oxygens (including phenoxy) is 10. The van der Waals surface area contributed by atoms with Crippen LogP contribution in [-0.2, 0) is 47.4 Å². The first-order valence-corrected chi connectivity index (χ1v) is 32.6. The highest BCUT2D eigenvalue weighted by molar-refractivity contribution is 6.38. The lowest BCUT2D eigenvalue weighted by molar-refractivity contribution is -0.351. The van der Waals surface area contributed by atoms with Gasteiger partial charge in [0.25, 0.3) is 0 Å². The van der Waals surface area contributed by atoms with Crippen LogP contribution in [0, 0.1) is 22.6 Å². The lowest BCUT2D eigenvalue weighted by Gasteiger charge is -2.59. The standard InChI is InChI=1S/C68H80N6O24/c1-13-67(97-37-21-33(89-11)57(81)25(5)93-37)51(63(87)45-43-47(61(85)41-29(77)17-15-27(75)39(41)59(43)83)53(71-69)49(45)65(67)95-35-19-31(79)55(73(7)8)23(3)91-35)52-64(88)46-44-48(62(86)42-30(78)18-16-28(76)40(42)60(44)84)54(72-70)50(46)66(96-36-20-32(80)56(74(9)10)24(4)92-36)68(52,14-2)98-38-22-34(90-12)58(82)26(6)94-38/h15-18,23-26,31-38,51-52,55-58,65-66,75-82H,13-14,19-22H2,1-12H3/t23-,24-,25+,26+,31-,32-,33+,34+,35+,36+,37+,38+,51+,52+,55-,56-,57+,58+,65-,66-,67+,68+/m1/s1. The third kappa shape index (κ3) is 10.5. The van der Waals surface area contributed by atoms with Gasteiger partial charge < -0.3 is 127 Å². The number of hydrogen-bond donors (Lipinski definition) is 8. The molecule has 0 aromatic heterocycles. The molecule has 4 aliphatic carbocycles. The average Bonchev–Trinajstić information content (AvgIpc) is 1.85. The van der Waals surface area contributed by atoms with Crippen LogP contribution >= 0.6 is 0 Å². The number of rotatable bonds is 15. The molecule has 8 N–H and O–H groups in total. The third-order valence-electron chi connectivity index (χ3n) is 21.6. The van der Waals surface area contributed by atoms with E-state index in [0.717, 1.165) is 24.3 Å². The highest BCUT2D eigenvalue weighted by Gasteiger charge is 2.70. The first kappa shape index (κ1) is 70.4. The van der Waals surface area contributed by atoms with Crippen molar-refractivity contribution in [3.05, 3.63) is 101 Å². The van der Waals surface area contributed by atoms with E-state index in [0.29, 0.717) is 0 Å². The molecule has 98 heavy (non-hydrogen) atoms. The molecule has 4 aromatic carbocycles. The van der Waals surface area contributed by atoms with Crippen molar-refractivity contribution >= 4 is 46.1 Å². The second-order valence-electron chi connectivity index (χ2n) is 27.2. The summed E-state index contributed by atoms with van der Waals surface area (Å²) in [6.07, 6.45) is -24.8. The van der Waals surface area contributed by atoms with E-state index >= 15 is 28.8 Å². The summed E-state index contributed by atoms with van der Waals surface area (Å²) >= 11 is 0. The van der Waals surface area contributed by atoms with Crippen molar-refractivity contribution < 1.29 is 117 Å². The Hall–Kier alpha value is -7.44. The maximum absolute atomic E-state index is 17.8. The van der Waals surface area contributed by atoms with Crippen molar-refractivity contribution in [2.24, 2.45) is 11.8 Å². The van der Waals surface area contributed by atoms with Crippen LogP contribution in [0.5, 0.6) is 23.0 Å². The van der Waals surface area contributed by atoms with E-state index in [1.54, 1.807) is 51.8 Å². The lowest BCUT2D eigenvalue weighted by atomic mass is 9.54. The molecule has 0 amide bonds. The molecule has 12 rings (SSSR count). The normalized spacial score (nSPS) is 36.1. The fourth-order valence-corrected chi connectivity index (χ4v) is 17.2. The topological polar surface area (TPSA) is 419 Å². The van der Waals surface area contributed by atoms with Gasteiger partial charge in [0, 0.05) is 51.0 Å². The van der Waals surface area contributed by atoms with Gasteiger partial charge in [0.15, 0.2) is 25.2 Å². The molecule has 30 nitrogen and oxygen atoms in total. The molecule has 0 spiro atoms. The highest BCUT2D eigenvalue weighted by atomic mass is 16.7. The molecule has 8 aliphatic rings. The van der Waals surface area contributed by atoms with Crippen LogP contribution in [0.1, 0.15) is 188 Å². The number of aromatic hydroxyl groups is 4. The van der Waals surface area contributed by atoms with Gasteiger partial charge in [0.05, 0.1) is 83.9 Å². The zero-order valence-electron chi connectivity index (χ0n) is 55.9. The van der Waals surface area contributed by atoms with Crippen LogP contribution in [0.15, 0.2) is 24.3 Å². The summed E-state index contributed by atoms with van der Waals surface area (Å²) in [7, 11) is 9.44. The Labute approximate surface area is 561 Å². The summed E-state index contributed by atoms with van der Waals surface area (Å²) in [5, 5.41) is 116. The Morgan fingerprint density at radius 3 is 1.09 bits per heavy atom. The molecule has 30 heteroatoms. The predicted octanol–water partition coefficient (Wildman–Crippen LogP) is 5.11. The summed E-state index contributed by atoms with van der Waals surface area (Å²) in [5.74, 6) is -15.8. The van der Waals surface area contributed by atoms with Crippen LogP contribution in [0.3, 0.4) is 0 Å². The van der Waals surface area contributed by atoms with E-state index in [2.05, 4.69) is 9.95 Å². The third-order valence-corrected chi connectivity index (χ3v) is 21.6. The van der Waals surface area contributed by atoms with Gasteiger partial charge in [-0.3, -0.25) is 0 Å². The Bertz CT molecular complexity index is 3760. The maximum atomic E-state index is 17.8. The first-order chi connectivity index (χ1) is 46.4. The van der Waals surface area contributed by atoms with Crippen LogP contribution in [0.25, 0.3) is 9.95 Å². The van der Waals surface area contributed by atoms with E-state index in [1.807, 2.05) is 0 Å². The van der Waals surface area contributed by atoms with Gasteiger partial charge in [0.2, 0.25) is 10.8 Å². The molecule has 4 fully saturated rings. The molecule has 0 radical (unpaired) electrons. The molecular formula is C68H80N6O24. The number of nitrogens with zero attached hydrogens (tertiary/aromatic N) is 6. The number of aliphatic hydroxyl groups is 4. The van der Waals surface area contributed by atoms with Gasteiger partial charge in [0.1, 0.15) is 103 Å². The van der Waals surface area contributed by atoms with Crippen LogP contribution in [0.2, 0.25) is 0 Å². The number of aliphatic hydroxyl groups excluding tert-OH is 4. The number of methoxy groups -OCH3 is 2. The van der Waals surface area contributed by atoms with Crippen LogP contribution in [-0.4, -0.2) is 237 Å². The molecule has 4 aromatic rings. The van der Waals surface area contributed by atoms with Gasteiger partial charge in [-0.2, -0.15) is 0 Å². The van der Waals surface area contributed by atoms with E-state index in [4.69, 9.17) is 47.4 Å². The van der Waals surface area contributed by atoms with Gasteiger partial charge in [-0.25, -0.2) is 0 Å². The van der Waals surface area contributed by atoms with Crippen molar-refractivity contribution in [2.75, 3.05) is 42.4 Å². The number of hydrogen-bond acceptors (Lipinski definition) is 28. The number of diazo groups is 2. The van der Waals surface area contributed by atoms with Crippen molar-refractivity contribution in [3.63, 3.8) is 0 Å². The zero-order chi connectivity index (χ0) is 71.1. The Kier molecular flexibility index (Phi) is 18.6. The monoisotopic (exact) mass is 1360 g/mol. The predicted molar refractivity (Wildman–Crippen MR) is 335 cm³/mol. The summed E-state index contributed by atoms with van der Waals surface area (Å²) in [6, 6.07) is 2.36. The summed E-state index contributed by atoms with van der Waals surface area (Å²) < 4.78 is 67.4. The molecule has 22 atom stereocenters. The number of carbonyl (C=O) groups excluding carboxylic acids is 6. The van der Waals surface area contributed by atoms with Crippen molar-refractivity contribution in [2.45, 2.75) is 202 Å². The van der Waals surface area contributed by atoms with Crippen molar-refractivity contribution in [3.8, 4) is 23.0 Å². The zero-order valence-corrected chi connectivity index (χ0v) is 55.9. The van der Waals surface area contributed by atoms with E-state index in [9.17, 15) is 51.6 Å². The SMILES string of the molecule is CC[C@@]1(O[C@H]2C[C@H](OC)[C@@H](O)[C@H](C)O2)[C@H](O[C@H]2C[C@@H](O)[C@H](N(C)C)[C@@H](C)O2)c2c(c3c([c-]2[N+]#N)C(=O)c2c(O)ccc(O)c2C3=O)C(=O)[C@@H]1[C@H]1C(=O)c2c3c([c-]([N+]#N)c2[C@@H](O[C@H]2C[C@@H](O)[C@H](N(C)C)[C@@H](C)O2)[C@@]1(CC)O[C@H]1C[C@H](OC)[C@@H](O)[C@H](C)O1)C(=O)c1c(O)ccc(O)c1C3=O. The molecule has 4 saturated heterocycles. The number of phenols is 4. The first-order valence-electron chi connectivity index (χ1n) is 32.6. The Balaban J connectivity index is 1.23. The Morgan fingerprint density at radius 1 is 0.490 bits per heavy atom. The molecular weight excluding hydrogens is 1280 g/mol. The second-order valence-corrected chi connectivity index (χ2v) is 27.2. The summed E-state index contributed by atoms with van der Waals surface area (Å²) in [6.45, 7) is 9.27. The second kappa shape index (κ2) is 25.9. The lowest BCUT2D eigenvalue weighted by Crippen LogP contribution is -2.68. The number of carbonyl (C=O) groups is 6. The van der Waals surface area contributed by atoms with Crippen LogP contribution < -0.4 is 0 Å². The fraction of sp³-hybridized carbons (Fsp3) is 0.588. The Morgan fingerprint density at radius 2 is 0.806 bits per heavy atom.